The number of amides is 1. The van der Waals surface area contributed by atoms with E-state index in [-0.39, 0.29) is 11.9 Å². The van der Waals surface area contributed by atoms with Crippen molar-refractivity contribution in [1.29, 1.82) is 0 Å². The highest BCUT2D eigenvalue weighted by molar-refractivity contribution is 5.94. The van der Waals surface area contributed by atoms with Crippen LogP contribution in [0.2, 0.25) is 0 Å². The Bertz CT molecular complexity index is 1040. The molecule has 0 radical (unpaired) electrons. The van der Waals surface area contributed by atoms with Crippen LogP contribution in [0.4, 0.5) is 0 Å². The fraction of sp³-hybridized carbons (Fsp3) is 0.0952. The Balaban J connectivity index is 1.51. The smallest absolute Gasteiger partial charge is 0.251 e. The molecule has 4 rings (SSSR count). The van der Waals surface area contributed by atoms with Crippen molar-refractivity contribution in [2.75, 3.05) is 0 Å². The predicted molar refractivity (Wildman–Crippen MR) is 101 cm³/mol. The van der Waals surface area contributed by atoms with Crippen LogP contribution in [0.1, 0.15) is 29.1 Å². The van der Waals surface area contributed by atoms with Gasteiger partial charge in [-0.05, 0) is 42.3 Å². The minimum absolute atomic E-state index is 0.134. The fourth-order valence-electron chi connectivity index (χ4n) is 2.94. The molecule has 5 nitrogen and oxygen atoms in total. The minimum atomic E-state index is -0.256. The van der Waals surface area contributed by atoms with Gasteiger partial charge in [-0.2, -0.15) is 0 Å². The summed E-state index contributed by atoms with van der Waals surface area (Å²) < 4.78 is 1.88. The maximum absolute atomic E-state index is 12.6. The molecule has 1 N–H and O–H groups in total. The molecule has 5 heteroatoms. The Kier molecular flexibility index (Phi) is 4.19. The normalized spacial score (nSPS) is 12.0. The van der Waals surface area contributed by atoms with Gasteiger partial charge in [0.2, 0.25) is 0 Å². The number of carbonyl (C=O) groups excluding carboxylic acids is 1. The summed E-state index contributed by atoms with van der Waals surface area (Å²) in [6.07, 6.45) is 1.89. The standard InChI is InChI=1S/C21H18N4O/c1-15(20-24-23-19-9-5-6-14-25(19)20)22-21(26)18-12-10-17(11-13-18)16-7-3-2-4-8-16/h2-15H,1H3,(H,22,26)/t15-/m1/s1. The molecule has 0 saturated carbocycles. The number of pyridine rings is 1. The largest absolute Gasteiger partial charge is 0.342 e. The first-order valence-corrected chi connectivity index (χ1v) is 8.48. The van der Waals surface area contributed by atoms with Crippen molar-refractivity contribution in [3.05, 3.63) is 90.4 Å². The van der Waals surface area contributed by atoms with Crippen molar-refractivity contribution in [3.8, 4) is 11.1 Å². The molecule has 4 aromatic rings. The van der Waals surface area contributed by atoms with E-state index in [4.69, 9.17) is 0 Å². The van der Waals surface area contributed by atoms with E-state index < -0.39 is 0 Å². The summed E-state index contributed by atoms with van der Waals surface area (Å²) in [6.45, 7) is 1.90. The first-order valence-electron chi connectivity index (χ1n) is 8.48. The van der Waals surface area contributed by atoms with Crippen LogP contribution in [0.5, 0.6) is 0 Å². The van der Waals surface area contributed by atoms with E-state index in [9.17, 15) is 4.79 Å². The van der Waals surface area contributed by atoms with E-state index in [1.165, 1.54) is 0 Å². The van der Waals surface area contributed by atoms with Gasteiger partial charge in [-0.15, -0.1) is 10.2 Å². The number of rotatable bonds is 4. The second-order valence-corrected chi connectivity index (χ2v) is 6.13. The molecule has 2 aromatic carbocycles. The highest BCUT2D eigenvalue weighted by Gasteiger charge is 2.16. The Hall–Kier alpha value is -3.47. The fourth-order valence-corrected chi connectivity index (χ4v) is 2.94. The van der Waals surface area contributed by atoms with Gasteiger partial charge >= 0.3 is 0 Å². The van der Waals surface area contributed by atoms with E-state index in [1.54, 1.807) is 0 Å². The topological polar surface area (TPSA) is 59.3 Å². The quantitative estimate of drug-likeness (QED) is 0.612. The lowest BCUT2D eigenvalue weighted by atomic mass is 10.0. The van der Waals surface area contributed by atoms with Crippen molar-refractivity contribution >= 4 is 11.6 Å². The van der Waals surface area contributed by atoms with Crippen molar-refractivity contribution in [2.45, 2.75) is 13.0 Å². The molecule has 2 aromatic heterocycles. The molecule has 0 unspecified atom stereocenters. The van der Waals surface area contributed by atoms with Crippen LogP contribution >= 0.6 is 0 Å². The average Bonchev–Trinajstić information content (AvgIpc) is 3.13. The average molecular weight is 342 g/mol. The van der Waals surface area contributed by atoms with Gasteiger partial charge in [0.25, 0.3) is 5.91 Å². The van der Waals surface area contributed by atoms with E-state index in [1.807, 2.05) is 90.3 Å². The molecule has 1 atom stereocenters. The summed E-state index contributed by atoms with van der Waals surface area (Å²) >= 11 is 0. The van der Waals surface area contributed by atoms with Gasteiger partial charge in [0.1, 0.15) is 0 Å². The molecule has 26 heavy (non-hydrogen) atoms. The molecule has 0 aliphatic rings. The number of benzene rings is 2. The number of hydrogen-bond donors (Lipinski definition) is 1. The molecule has 0 aliphatic heterocycles. The van der Waals surface area contributed by atoms with Crippen LogP contribution in [0.3, 0.4) is 0 Å². The van der Waals surface area contributed by atoms with Crippen LogP contribution < -0.4 is 5.32 Å². The number of carbonyl (C=O) groups is 1. The maximum atomic E-state index is 12.6. The molecule has 1 amide bonds. The summed E-state index contributed by atoms with van der Waals surface area (Å²) in [4.78, 5) is 12.6. The zero-order valence-corrected chi connectivity index (χ0v) is 14.3. The summed E-state index contributed by atoms with van der Waals surface area (Å²) in [5.41, 5.74) is 3.59. The lowest BCUT2D eigenvalue weighted by molar-refractivity contribution is 0.0938. The zero-order valence-electron chi connectivity index (χ0n) is 14.3. The third kappa shape index (κ3) is 3.07. The van der Waals surface area contributed by atoms with Crippen LogP contribution in [-0.2, 0) is 0 Å². The Labute approximate surface area is 151 Å². The highest BCUT2D eigenvalue weighted by atomic mass is 16.1. The lowest BCUT2D eigenvalue weighted by Crippen LogP contribution is -2.27. The summed E-state index contributed by atoms with van der Waals surface area (Å²) in [7, 11) is 0. The van der Waals surface area contributed by atoms with E-state index in [0.29, 0.717) is 11.4 Å². The predicted octanol–water partition coefficient (Wildman–Crippen LogP) is 3.89. The van der Waals surface area contributed by atoms with Crippen LogP contribution in [0.25, 0.3) is 16.8 Å². The number of nitrogens with one attached hydrogen (secondary N) is 1. The third-order valence-electron chi connectivity index (χ3n) is 4.33. The summed E-state index contributed by atoms with van der Waals surface area (Å²) in [5.74, 6) is 0.569. The van der Waals surface area contributed by atoms with Crippen LogP contribution in [0, 0.1) is 0 Å². The van der Waals surface area contributed by atoms with Crippen LogP contribution in [0.15, 0.2) is 79.0 Å². The first kappa shape index (κ1) is 16.0. The summed E-state index contributed by atoms with van der Waals surface area (Å²) in [6, 6.07) is 23.1. The summed E-state index contributed by atoms with van der Waals surface area (Å²) in [5, 5.41) is 11.3. The molecule has 0 bridgehead atoms. The molecule has 0 fully saturated rings. The van der Waals surface area contributed by atoms with Gasteiger partial charge in [0, 0.05) is 11.8 Å². The van der Waals surface area contributed by atoms with Crippen LogP contribution in [-0.4, -0.2) is 20.5 Å². The van der Waals surface area contributed by atoms with Gasteiger partial charge in [0.15, 0.2) is 11.5 Å². The van der Waals surface area contributed by atoms with Gasteiger partial charge in [-0.25, -0.2) is 0 Å². The van der Waals surface area contributed by atoms with Gasteiger partial charge in [0.05, 0.1) is 6.04 Å². The van der Waals surface area contributed by atoms with E-state index in [2.05, 4.69) is 15.5 Å². The van der Waals surface area contributed by atoms with Crippen molar-refractivity contribution in [3.63, 3.8) is 0 Å². The molecular formula is C21H18N4O. The van der Waals surface area contributed by atoms with E-state index in [0.717, 1.165) is 16.8 Å². The number of nitrogens with zero attached hydrogens (tertiary/aromatic N) is 3. The molecule has 0 spiro atoms. The number of hydrogen-bond acceptors (Lipinski definition) is 3. The SMILES string of the molecule is C[C@@H](NC(=O)c1ccc(-c2ccccc2)cc1)c1nnc2ccccn12. The third-order valence-corrected chi connectivity index (χ3v) is 4.33. The second-order valence-electron chi connectivity index (χ2n) is 6.13. The van der Waals surface area contributed by atoms with Gasteiger partial charge in [-0.3, -0.25) is 9.20 Å². The van der Waals surface area contributed by atoms with E-state index >= 15 is 0 Å². The highest BCUT2D eigenvalue weighted by Crippen LogP contribution is 2.20. The first-order chi connectivity index (χ1) is 12.7. The maximum Gasteiger partial charge on any atom is 0.251 e. The molecule has 2 heterocycles. The lowest BCUT2D eigenvalue weighted by Gasteiger charge is -2.12. The van der Waals surface area contributed by atoms with Gasteiger partial charge in [-0.1, -0.05) is 48.5 Å². The van der Waals surface area contributed by atoms with Crippen molar-refractivity contribution < 1.29 is 4.79 Å². The van der Waals surface area contributed by atoms with Crippen molar-refractivity contribution in [1.82, 2.24) is 19.9 Å². The Morgan fingerprint density at radius 2 is 1.58 bits per heavy atom. The molecule has 128 valence electrons. The Morgan fingerprint density at radius 3 is 2.35 bits per heavy atom. The molecule has 0 aliphatic carbocycles. The Morgan fingerprint density at radius 1 is 0.885 bits per heavy atom. The number of fused-ring (bicyclic) bond motifs is 1. The number of aromatic nitrogens is 3. The zero-order chi connectivity index (χ0) is 17.9. The van der Waals surface area contributed by atoms with Crippen molar-refractivity contribution in [2.24, 2.45) is 0 Å². The monoisotopic (exact) mass is 342 g/mol. The minimum Gasteiger partial charge on any atom is -0.342 e. The van der Waals surface area contributed by atoms with Gasteiger partial charge < -0.3 is 5.32 Å². The molecule has 0 saturated heterocycles. The molecular weight excluding hydrogens is 324 g/mol. The second kappa shape index (κ2) is 6.80.